The Morgan fingerprint density at radius 1 is 1.04 bits per heavy atom. The van der Waals surface area contributed by atoms with Crippen LogP contribution in [-0.2, 0) is 11.3 Å². The van der Waals surface area contributed by atoms with Crippen LogP contribution in [0.15, 0.2) is 0 Å². The summed E-state index contributed by atoms with van der Waals surface area (Å²) in [5.74, 6) is 3.42. The van der Waals surface area contributed by atoms with Crippen molar-refractivity contribution >= 4 is 11.9 Å². The number of ether oxygens (including phenoxy) is 1. The van der Waals surface area contributed by atoms with E-state index in [1.165, 1.54) is 25.7 Å². The van der Waals surface area contributed by atoms with Crippen LogP contribution in [0.5, 0.6) is 0 Å². The first kappa shape index (κ1) is 16.4. The van der Waals surface area contributed by atoms with Gasteiger partial charge < -0.3 is 15.4 Å². The molecular weight excluding hydrogens is 292 g/mol. The van der Waals surface area contributed by atoms with Crippen molar-refractivity contribution in [2.75, 3.05) is 51.0 Å². The molecule has 128 valence electrons. The van der Waals surface area contributed by atoms with Gasteiger partial charge in [0.15, 0.2) is 0 Å². The first-order valence-electron chi connectivity index (χ1n) is 8.59. The normalized spacial score (nSPS) is 21.5. The van der Waals surface area contributed by atoms with E-state index in [-0.39, 0.29) is 0 Å². The zero-order valence-electron chi connectivity index (χ0n) is 14.2. The van der Waals surface area contributed by atoms with E-state index in [1.54, 1.807) is 0 Å². The van der Waals surface area contributed by atoms with Crippen LogP contribution in [0.25, 0.3) is 0 Å². The highest BCUT2D eigenvalue weighted by Crippen LogP contribution is 2.32. The molecule has 0 saturated carbocycles. The molecule has 1 aromatic rings. The molecule has 23 heavy (non-hydrogen) atoms. The van der Waals surface area contributed by atoms with E-state index in [9.17, 15) is 0 Å². The summed E-state index contributed by atoms with van der Waals surface area (Å²) in [6.45, 7) is 4.88. The van der Waals surface area contributed by atoms with E-state index < -0.39 is 0 Å². The Balaban J connectivity index is 1.54. The first-order valence-corrected chi connectivity index (χ1v) is 8.59. The summed E-state index contributed by atoms with van der Waals surface area (Å²) in [4.78, 5) is 17.2. The predicted molar refractivity (Wildman–Crippen MR) is 90.1 cm³/mol. The molecule has 1 aromatic heterocycles. The fourth-order valence-corrected chi connectivity index (χ4v) is 3.67. The highest BCUT2D eigenvalue weighted by Gasteiger charge is 2.28. The van der Waals surface area contributed by atoms with Gasteiger partial charge >= 0.3 is 0 Å². The molecule has 0 amide bonds. The molecule has 7 nitrogen and oxygen atoms in total. The fourth-order valence-electron chi connectivity index (χ4n) is 3.67. The molecule has 3 heterocycles. The topological polar surface area (TPSA) is 80.4 Å². The van der Waals surface area contributed by atoms with Gasteiger partial charge in [-0.25, -0.2) is 0 Å². The summed E-state index contributed by atoms with van der Waals surface area (Å²) in [6.07, 6.45) is 5.01. The second-order valence-electron chi connectivity index (χ2n) is 6.87. The smallest absolute Gasteiger partial charge is 0.229 e. The number of aromatic nitrogens is 3. The molecule has 0 aromatic carbocycles. The van der Waals surface area contributed by atoms with Crippen LogP contribution in [0.3, 0.4) is 0 Å². The number of piperidine rings is 1. The van der Waals surface area contributed by atoms with Crippen LogP contribution in [0, 0.1) is 11.8 Å². The van der Waals surface area contributed by atoms with Crippen molar-refractivity contribution < 1.29 is 4.74 Å². The van der Waals surface area contributed by atoms with Crippen molar-refractivity contribution in [3.05, 3.63) is 5.82 Å². The maximum Gasteiger partial charge on any atom is 0.229 e. The predicted octanol–water partition coefficient (Wildman–Crippen LogP) is 1.16. The molecule has 2 fully saturated rings. The number of nitrogens with two attached hydrogens (primary N) is 1. The van der Waals surface area contributed by atoms with E-state index in [2.05, 4.69) is 19.9 Å². The summed E-state index contributed by atoms with van der Waals surface area (Å²) in [5, 5.41) is 0. The minimum atomic E-state index is 0.302. The maximum absolute atomic E-state index is 5.80. The van der Waals surface area contributed by atoms with Crippen molar-refractivity contribution in [2.24, 2.45) is 11.8 Å². The number of nitrogens with zero attached hydrogens (tertiary/aromatic N) is 5. The van der Waals surface area contributed by atoms with Crippen LogP contribution in [0.1, 0.15) is 31.5 Å². The van der Waals surface area contributed by atoms with Gasteiger partial charge in [-0.3, -0.25) is 4.90 Å². The molecule has 0 atom stereocenters. The van der Waals surface area contributed by atoms with E-state index in [1.807, 2.05) is 19.0 Å². The Labute approximate surface area is 138 Å². The number of nitrogen functional groups attached to an aromatic ring is 1. The maximum atomic E-state index is 5.80. The number of rotatable bonds is 4. The second-order valence-corrected chi connectivity index (χ2v) is 6.87. The van der Waals surface area contributed by atoms with Gasteiger partial charge in [-0.15, -0.1) is 0 Å². The number of hydrogen-bond acceptors (Lipinski definition) is 7. The lowest BCUT2D eigenvalue weighted by Gasteiger charge is -2.37. The Morgan fingerprint density at radius 3 is 2.35 bits per heavy atom. The molecule has 2 N–H and O–H groups in total. The Kier molecular flexibility index (Phi) is 5.27. The highest BCUT2D eigenvalue weighted by molar-refractivity contribution is 5.32. The summed E-state index contributed by atoms with van der Waals surface area (Å²) in [5.41, 5.74) is 5.80. The summed E-state index contributed by atoms with van der Waals surface area (Å²) >= 11 is 0. The zero-order chi connectivity index (χ0) is 16.2. The minimum absolute atomic E-state index is 0.302. The van der Waals surface area contributed by atoms with E-state index >= 15 is 0 Å². The van der Waals surface area contributed by atoms with Crippen LogP contribution in [0.4, 0.5) is 11.9 Å². The summed E-state index contributed by atoms with van der Waals surface area (Å²) in [7, 11) is 3.83. The lowest BCUT2D eigenvalue weighted by Crippen LogP contribution is -2.37. The highest BCUT2D eigenvalue weighted by atomic mass is 16.5. The lowest BCUT2D eigenvalue weighted by molar-refractivity contribution is 0.0293. The van der Waals surface area contributed by atoms with Crippen molar-refractivity contribution in [2.45, 2.75) is 32.2 Å². The Bertz CT molecular complexity index is 509. The quantitative estimate of drug-likeness (QED) is 0.891. The van der Waals surface area contributed by atoms with Crippen LogP contribution in [-0.4, -0.2) is 60.3 Å². The molecular formula is C16H28N6O. The van der Waals surface area contributed by atoms with Gasteiger partial charge in [-0.2, -0.15) is 15.0 Å². The van der Waals surface area contributed by atoms with Gasteiger partial charge in [0, 0.05) is 27.3 Å². The zero-order valence-corrected chi connectivity index (χ0v) is 14.2. The third-order valence-electron chi connectivity index (χ3n) is 5.02. The largest absolute Gasteiger partial charge is 0.381 e. The standard InChI is InChI=1S/C16H28N6O/c1-21(2)16-19-14(18-15(17)20-16)11-22-7-3-12(4-8-22)13-5-9-23-10-6-13/h12-13H,3-11H2,1-2H3,(H2,17,18,19,20). The third-order valence-corrected chi connectivity index (χ3v) is 5.02. The molecule has 0 unspecified atom stereocenters. The molecule has 0 aliphatic carbocycles. The molecule has 2 aliphatic heterocycles. The average molecular weight is 320 g/mol. The van der Waals surface area contributed by atoms with Crippen molar-refractivity contribution in [3.63, 3.8) is 0 Å². The van der Waals surface area contributed by atoms with E-state index in [0.29, 0.717) is 11.9 Å². The number of likely N-dealkylation sites (tertiary alicyclic amines) is 1. The van der Waals surface area contributed by atoms with Gasteiger partial charge in [-0.1, -0.05) is 0 Å². The van der Waals surface area contributed by atoms with Crippen LogP contribution in [0.2, 0.25) is 0 Å². The Hall–Kier alpha value is -1.47. The van der Waals surface area contributed by atoms with Crippen LogP contribution >= 0.6 is 0 Å². The van der Waals surface area contributed by atoms with Crippen molar-refractivity contribution in [1.29, 1.82) is 0 Å². The van der Waals surface area contributed by atoms with Gasteiger partial charge in [0.2, 0.25) is 11.9 Å². The molecule has 2 aliphatic rings. The van der Waals surface area contributed by atoms with Gasteiger partial charge in [-0.05, 0) is 50.6 Å². The Morgan fingerprint density at radius 2 is 1.70 bits per heavy atom. The molecule has 0 spiro atoms. The van der Waals surface area contributed by atoms with Crippen LogP contribution < -0.4 is 10.6 Å². The third kappa shape index (κ3) is 4.29. The van der Waals surface area contributed by atoms with Gasteiger partial charge in [0.05, 0.1) is 6.54 Å². The monoisotopic (exact) mass is 320 g/mol. The molecule has 0 bridgehead atoms. The van der Waals surface area contributed by atoms with E-state index in [0.717, 1.165) is 50.5 Å². The molecule has 3 rings (SSSR count). The molecule has 2 saturated heterocycles. The minimum Gasteiger partial charge on any atom is -0.381 e. The van der Waals surface area contributed by atoms with Crippen molar-refractivity contribution in [3.8, 4) is 0 Å². The molecule has 0 radical (unpaired) electrons. The second kappa shape index (κ2) is 7.40. The summed E-state index contributed by atoms with van der Waals surface area (Å²) < 4.78 is 5.48. The van der Waals surface area contributed by atoms with Gasteiger partial charge in [0.25, 0.3) is 0 Å². The lowest BCUT2D eigenvalue weighted by atomic mass is 9.80. The number of anilines is 2. The summed E-state index contributed by atoms with van der Waals surface area (Å²) in [6, 6.07) is 0. The number of hydrogen-bond donors (Lipinski definition) is 1. The SMILES string of the molecule is CN(C)c1nc(N)nc(CN2CCC(C3CCOCC3)CC2)n1. The van der Waals surface area contributed by atoms with Gasteiger partial charge in [0.1, 0.15) is 5.82 Å². The van der Waals surface area contributed by atoms with E-state index in [4.69, 9.17) is 10.5 Å². The average Bonchev–Trinajstić information content (AvgIpc) is 2.56. The first-order chi connectivity index (χ1) is 11.1. The van der Waals surface area contributed by atoms with Crippen molar-refractivity contribution in [1.82, 2.24) is 19.9 Å². The fraction of sp³-hybridized carbons (Fsp3) is 0.812. The molecule has 7 heteroatoms.